The fourth-order valence-electron chi connectivity index (χ4n) is 3.86. The van der Waals surface area contributed by atoms with Crippen LogP contribution in [0.15, 0.2) is 0 Å². The molecule has 3 rings (SSSR count). The lowest BCUT2D eigenvalue weighted by Crippen LogP contribution is -2.48. The summed E-state index contributed by atoms with van der Waals surface area (Å²) in [6, 6.07) is 0.614. The number of ether oxygens (including phenoxy) is 1. The Morgan fingerprint density at radius 1 is 1.10 bits per heavy atom. The fourth-order valence-corrected chi connectivity index (χ4v) is 3.86. The van der Waals surface area contributed by atoms with Crippen molar-refractivity contribution in [3.05, 3.63) is 0 Å². The van der Waals surface area contributed by atoms with E-state index in [-0.39, 0.29) is 18.1 Å². The van der Waals surface area contributed by atoms with Crippen LogP contribution in [0.1, 0.15) is 46.5 Å². The molecule has 2 aliphatic heterocycles. The lowest BCUT2D eigenvalue weighted by molar-refractivity contribution is -0.139. The predicted molar refractivity (Wildman–Crippen MR) is 83.0 cm³/mol. The first-order valence-corrected chi connectivity index (χ1v) is 8.74. The van der Waals surface area contributed by atoms with Crippen LogP contribution in [0.2, 0.25) is 0 Å². The van der Waals surface area contributed by atoms with Gasteiger partial charge in [0.1, 0.15) is 0 Å². The van der Waals surface area contributed by atoms with Crippen LogP contribution in [0.25, 0.3) is 0 Å². The molecule has 0 radical (unpaired) electrons. The van der Waals surface area contributed by atoms with Crippen LogP contribution in [0.4, 0.5) is 0 Å². The van der Waals surface area contributed by atoms with Gasteiger partial charge in [0.05, 0.1) is 18.1 Å². The molecule has 4 heteroatoms. The third-order valence-corrected chi connectivity index (χ3v) is 5.73. The average molecular weight is 294 g/mol. The quantitative estimate of drug-likeness (QED) is 0.862. The van der Waals surface area contributed by atoms with Crippen LogP contribution in [0, 0.1) is 17.8 Å². The van der Waals surface area contributed by atoms with Crippen LogP contribution in [0.3, 0.4) is 0 Å². The summed E-state index contributed by atoms with van der Waals surface area (Å²) in [7, 11) is 0. The molecular weight excluding hydrogens is 264 g/mol. The first-order valence-electron chi connectivity index (χ1n) is 8.74. The number of hydrogen-bond donors (Lipinski definition) is 1. The Morgan fingerprint density at radius 3 is 2.29 bits per heavy atom. The Balaban J connectivity index is 1.48. The van der Waals surface area contributed by atoms with E-state index in [2.05, 4.69) is 24.1 Å². The van der Waals surface area contributed by atoms with Gasteiger partial charge in [-0.2, -0.15) is 0 Å². The molecule has 0 aromatic heterocycles. The Morgan fingerprint density at radius 2 is 1.76 bits per heavy atom. The van der Waals surface area contributed by atoms with E-state index < -0.39 is 0 Å². The topological polar surface area (TPSA) is 41.6 Å². The van der Waals surface area contributed by atoms with Crippen molar-refractivity contribution < 1.29 is 9.53 Å². The van der Waals surface area contributed by atoms with Gasteiger partial charge < -0.3 is 15.0 Å². The number of nitrogens with zero attached hydrogens (tertiary/aromatic N) is 1. The van der Waals surface area contributed by atoms with Gasteiger partial charge in [0.15, 0.2) is 0 Å². The summed E-state index contributed by atoms with van der Waals surface area (Å²) in [4.78, 5) is 14.9. The molecule has 4 atom stereocenters. The van der Waals surface area contributed by atoms with Crippen LogP contribution < -0.4 is 5.32 Å². The first-order chi connectivity index (χ1) is 10.1. The zero-order chi connectivity index (χ0) is 15.0. The second-order valence-corrected chi connectivity index (χ2v) is 7.38. The summed E-state index contributed by atoms with van der Waals surface area (Å²) in [6.07, 6.45) is 5.27. The summed E-state index contributed by atoms with van der Waals surface area (Å²) in [5.41, 5.74) is 0. The van der Waals surface area contributed by atoms with Crippen molar-refractivity contribution >= 4 is 5.91 Å². The van der Waals surface area contributed by atoms with E-state index >= 15 is 0 Å². The van der Waals surface area contributed by atoms with Gasteiger partial charge in [-0.15, -0.1) is 0 Å². The van der Waals surface area contributed by atoms with Crippen LogP contribution in [-0.2, 0) is 9.53 Å². The van der Waals surface area contributed by atoms with E-state index in [4.69, 9.17) is 4.74 Å². The number of likely N-dealkylation sites (tertiary alicyclic amines) is 1. The summed E-state index contributed by atoms with van der Waals surface area (Å²) in [5, 5.41) is 3.67. The van der Waals surface area contributed by atoms with Crippen molar-refractivity contribution in [3.8, 4) is 0 Å². The molecule has 0 aromatic carbocycles. The molecule has 3 fully saturated rings. The smallest absolute Gasteiger partial charge is 0.228 e. The molecule has 0 spiro atoms. The van der Waals surface area contributed by atoms with E-state index in [1.165, 1.54) is 19.4 Å². The molecular formula is C17H30N2O2. The van der Waals surface area contributed by atoms with Crippen LogP contribution in [-0.4, -0.2) is 48.7 Å². The molecule has 120 valence electrons. The standard InChI is InChI=1S/C17H30N2O2/c1-11-12(2)21-13(3)16(11)17(20)19-8-6-15(7-9-19)18-10-14-4-5-14/h11-16,18H,4-10H2,1-3H3. The number of carbonyl (C=O) groups excluding carboxylic acids is 1. The van der Waals surface area contributed by atoms with E-state index in [0.717, 1.165) is 31.8 Å². The zero-order valence-corrected chi connectivity index (χ0v) is 13.7. The Hall–Kier alpha value is -0.610. The Kier molecular flexibility index (Phi) is 4.55. The van der Waals surface area contributed by atoms with Crippen LogP contribution in [0.5, 0.6) is 0 Å². The summed E-state index contributed by atoms with van der Waals surface area (Å²) in [6.45, 7) is 9.29. The number of piperidine rings is 1. The number of nitrogens with one attached hydrogen (secondary N) is 1. The molecule has 4 unspecified atom stereocenters. The van der Waals surface area contributed by atoms with E-state index in [0.29, 0.717) is 17.9 Å². The maximum absolute atomic E-state index is 12.8. The lowest BCUT2D eigenvalue weighted by Gasteiger charge is -2.35. The van der Waals surface area contributed by atoms with Crippen molar-refractivity contribution in [2.24, 2.45) is 17.8 Å². The molecule has 1 N–H and O–H groups in total. The van der Waals surface area contributed by atoms with Crippen molar-refractivity contribution in [2.75, 3.05) is 19.6 Å². The summed E-state index contributed by atoms with van der Waals surface area (Å²) >= 11 is 0. The molecule has 2 heterocycles. The SMILES string of the molecule is CC1OC(C)C(C(=O)N2CCC(NCC3CC3)CC2)C1C. The second-order valence-electron chi connectivity index (χ2n) is 7.38. The van der Waals surface area contributed by atoms with E-state index in [1.54, 1.807) is 0 Å². The molecule has 0 bridgehead atoms. The minimum absolute atomic E-state index is 0.0518. The zero-order valence-electron chi connectivity index (χ0n) is 13.7. The monoisotopic (exact) mass is 294 g/mol. The van der Waals surface area contributed by atoms with Crippen molar-refractivity contribution in [2.45, 2.75) is 64.7 Å². The molecule has 1 amide bonds. The van der Waals surface area contributed by atoms with Crippen molar-refractivity contribution in [3.63, 3.8) is 0 Å². The van der Waals surface area contributed by atoms with Gasteiger partial charge >= 0.3 is 0 Å². The highest BCUT2D eigenvalue weighted by atomic mass is 16.5. The third-order valence-electron chi connectivity index (χ3n) is 5.73. The Labute approximate surface area is 128 Å². The summed E-state index contributed by atoms with van der Waals surface area (Å²) < 4.78 is 5.83. The second kappa shape index (κ2) is 6.25. The molecule has 21 heavy (non-hydrogen) atoms. The van der Waals surface area contributed by atoms with Gasteiger partial charge in [-0.1, -0.05) is 6.92 Å². The minimum Gasteiger partial charge on any atom is -0.374 e. The van der Waals surface area contributed by atoms with Gasteiger partial charge in [0.25, 0.3) is 0 Å². The van der Waals surface area contributed by atoms with Gasteiger partial charge in [0.2, 0.25) is 5.91 Å². The highest BCUT2D eigenvalue weighted by Gasteiger charge is 2.43. The Bertz CT molecular complexity index is 375. The molecule has 4 nitrogen and oxygen atoms in total. The van der Waals surface area contributed by atoms with Crippen molar-refractivity contribution in [1.82, 2.24) is 10.2 Å². The number of rotatable bonds is 4. The van der Waals surface area contributed by atoms with Crippen molar-refractivity contribution in [1.29, 1.82) is 0 Å². The molecule has 3 aliphatic rings. The minimum atomic E-state index is 0.0518. The maximum Gasteiger partial charge on any atom is 0.228 e. The normalized spacial score (nSPS) is 38.0. The third kappa shape index (κ3) is 3.42. The molecule has 2 saturated heterocycles. The summed E-state index contributed by atoms with van der Waals surface area (Å²) in [5.74, 6) is 1.64. The van der Waals surface area contributed by atoms with Crippen LogP contribution >= 0.6 is 0 Å². The molecule has 1 aliphatic carbocycles. The maximum atomic E-state index is 12.8. The highest BCUT2D eigenvalue weighted by Crippen LogP contribution is 2.34. The van der Waals surface area contributed by atoms with Gasteiger partial charge in [-0.05, 0) is 57.9 Å². The largest absolute Gasteiger partial charge is 0.374 e. The molecule has 1 saturated carbocycles. The number of carbonyl (C=O) groups is 1. The highest BCUT2D eigenvalue weighted by molar-refractivity contribution is 5.80. The van der Waals surface area contributed by atoms with Gasteiger partial charge in [-0.3, -0.25) is 4.79 Å². The first kappa shape index (κ1) is 15.3. The number of hydrogen-bond acceptors (Lipinski definition) is 3. The predicted octanol–water partition coefficient (Wildman–Crippen LogP) is 2.04. The van der Waals surface area contributed by atoms with Gasteiger partial charge in [0, 0.05) is 19.1 Å². The lowest BCUT2D eigenvalue weighted by atomic mass is 9.87. The van der Waals surface area contributed by atoms with E-state index in [9.17, 15) is 4.79 Å². The van der Waals surface area contributed by atoms with Gasteiger partial charge in [-0.25, -0.2) is 0 Å². The fraction of sp³-hybridized carbons (Fsp3) is 0.941. The number of amides is 1. The average Bonchev–Trinajstić information content (AvgIpc) is 3.25. The molecule has 0 aromatic rings. The van der Waals surface area contributed by atoms with E-state index in [1.807, 2.05) is 6.92 Å².